The van der Waals surface area contributed by atoms with Crippen molar-refractivity contribution in [1.82, 2.24) is 15.5 Å². The van der Waals surface area contributed by atoms with Crippen LogP contribution in [-0.4, -0.2) is 29.2 Å². The van der Waals surface area contributed by atoms with E-state index in [2.05, 4.69) is 20.4 Å². The van der Waals surface area contributed by atoms with Crippen LogP contribution in [0.5, 0.6) is 0 Å². The van der Waals surface area contributed by atoms with E-state index in [0.29, 0.717) is 29.6 Å². The zero-order chi connectivity index (χ0) is 19.3. The lowest BCUT2D eigenvalue weighted by Crippen LogP contribution is -2.43. The van der Waals surface area contributed by atoms with E-state index in [9.17, 15) is 4.79 Å². The minimum atomic E-state index is -0.0808. The van der Waals surface area contributed by atoms with E-state index in [1.807, 2.05) is 48.5 Å². The summed E-state index contributed by atoms with van der Waals surface area (Å²) in [6, 6.07) is 15.0. The van der Waals surface area contributed by atoms with Crippen LogP contribution in [0.15, 0.2) is 59.2 Å². The Morgan fingerprint density at radius 2 is 2.07 bits per heavy atom. The molecule has 3 heterocycles. The molecule has 0 bridgehead atoms. The van der Waals surface area contributed by atoms with E-state index >= 15 is 0 Å². The van der Waals surface area contributed by atoms with Crippen LogP contribution in [0.1, 0.15) is 18.4 Å². The highest BCUT2D eigenvalue weighted by atomic mass is 35.5. The average molecular weight is 397 g/mol. The molecule has 7 heteroatoms. The fraction of sp³-hybridized carbons (Fsp3) is 0.286. The van der Waals surface area contributed by atoms with Gasteiger partial charge < -0.3 is 14.6 Å². The molecular weight excluding hydrogens is 376 g/mol. The number of benzene rings is 1. The smallest absolute Gasteiger partial charge is 0.225 e. The molecule has 3 aromatic rings. The fourth-order valence-corrected chi connectivity index (χ4v) is 3.62. The Morgan fingerprint density at radius 3 is 2.82 bits per heavy atom. The highest BCUT2D eigenvalue weighted by Crippen LogP contribution is 2.24. The van der Waals surface area contributed by atoms with E-state index in [-0.39, 0.29) is 11.8 Å². The average Bonchev–Trinajstić information content (AvgIpc) is 3.28. The lowest BCUT2D eigenvalue weighted by Gasteiger charge is -2.32. The molecule has 1 N–H and O–H groups in total. The van der Waals surface area contributed by atoms with Gasteiger partial charge in [-0.1, -0.05) is 29.8 Å². The first-order chi connectivity index (χ1) is 13.7. The monoisotopic (exact) mass is 396 g/mol. The van der Waals surface area contributed by atoms with Crippen LogP contribution in [0.4, 0.5) is 5.82 Å². The molecule has 4 rings (SSSR count). The summed E-state index contributed by atoms with van der Waals surface area (Å²) in [5.74, 6) is 1.43. The first-order valence-electron chi connectivity index (χ1n) is 9.34. The second-order valence-corrected chi connectivity index (χ2v) is 7.26. The van der Waals surface area contributed by atoms with Crippen molar-refractivity contribution >= 4 is 23.3 Å². The Bertz CT molecular complexity index is 928. The predicted octanol–water partition coefficient (Wildman–Crippen LogP) is 3.92. The Labute approximate surface area is 168 Å². The van der Waals surface area contributed by atoms with Crippen LogP contribution < -0.4 is 10.2 Å². The summed E-state index contributed by atoms with van der Waals surface area (Å²) < 4.78 is 5.35. The number of anilines is 1. The number of nitrogens with zero attached hydrogens (tertiary/aromatic N) is 3. The number of amides is 1. The van der Waals surface area contributed by atoms with Gasteiger partial charge in [0.25, 0.3) is 0 Å². The third kappa shape index (κ3) is 4.17. The largest absolute Gasteiger partial charge is 0.463 e. The predicted molar refractivity (Wildman–Crippen MR) is 108 cm³/mol. The van der Waals surface area contributed by atoms with Crippen molar-refractivity contribution in [1.29, 1.82) is 0 Å². The normalized spacial score (nSPS) is 16.8. The molecule has 1 saturated heterocycles. The molecule has 0 aliphatic carbocycles. The van der Waals surface area contributed by atoms with E-state index in [1.54, 1.807) is 6.26 Å². The second-order valence-electron chi connectivity index (χ2n) is 6.85. The Balaban J connectivity index is 1.37. The van der Waals surface area contributed by atoms with Gasteiger partial charge in [0.2, 0.25) is 5.91 Å². The van der Waals surface area contributed by atoms with Crippen molar-refractivity contribution in [3.63, 3.8) is 0 Å². The summed E-state index contributed by atoms with van der Waals surface area (Å²) in [5.41, 5.74) is 1.62. The van der Waals surface area contributed by atoms with Crippen LogP contribution >= 0.6 is 11.6 Å². The van der Waals surface area contributed by atoms with Gasteiger partial charge in [-0.05, 0) is 48.7 Å². The molecule has 1 aliphatic rings. The Morgan fingerprint density at radius 1 is 1.18 bits per heavy atom. The molecule has 28 heavy (non-hydrogen) atoms. The molecule has 1 fully saturated rings. The van der Waals surface area contributed by atoms with Crippen LogP contribution in [-0.2, 0) is 11.3 Å². The summed E-state index contributed by atoms with van der Waals surface area (Å²) >= 11 is 6.16. The van der Waals surface area contributed by atoms with Crippen LogP contribution in [0.2, 0.25) is 5.02 Å². The van der Waals surface area contributed by atoms with Gasteiger partial charge in [0, 0.05) is 24.7 Å². The molecule has 0 radical (unpaired) electrons. The molecule has 1 aliphatic heterocycles. The van der Waals surface area contributed by atoms with Crippen molar-refractivity contribution in [3.05, 3.63) is 65.4 Å². The van der Waals surface area contributed by atoms with E-state index in [1.165, 1.54) is 0 Å². The summed E-state index contributed by atoms with van der Waals surface area (Å²) in [7, 11) is 0. The van der Waals surface area contributed by atoms with Crippen LogP contribution in [0, 0.1) is 5.92 Å². The Hall–Kier alpha value is -2.86. The minimum Gasteiger partial charge on any atom is -0.463 e. The summed E-state index contributed by atoms with van der Waals surface area (Å²) in [4.78, 5) is 14.8. The molecular formula is C21H21ClN4O2. The molecule has 2 aromatic heterocycles. The Kier molecular flexibility index (Phi) is 5.58. The number of carbonyl (C=O) groups excluding carboxylic acids is 1. The minimum absolute atomic E-state index is 0.0461. The lowest BCUT2D eigenvalue weighted by atomic mass is 9.97. The number of piperidine rings is 1. The molecule has 0 spiro atoms. The number of rotatable bonds is 5. The number of nitrogens with one attached hydrogen (secondary N) is 1. The highest BCUT2D eigenvalue weighted by molar-refractivity contribution is 6.31. The molecule has 1 amide bonds. The fourth-order valence-electron chi connectivity index (χ4n) is 3.42. The van der Waals surface area contributed by atoms with Gasteiger partial charge in [-0.2, -0.15) is 0 Å². The van der Waals surface area contributed by atoms with Gasteiger partial charge in [0.05, 0.1) is 12.2 Å². The lowest BCUT2D eigenvalue weighted by molar-refractivity contribution is -0.125. The summed E-state index contributed by atoms with van der Waals surface area (Å²) in [6.45, 7) is 1.93. The van der Waals surface area contributed by atoms with Crippen molar-refractivity contribution in [2.45, 2.75) is 19.4 Å². The second kappa shape index (κ2) is 8.44. The van der Waals surface area contributed by atoms with Crippen molar-refractivity contribution in [2.24, 2.45) is 5.92 Å². The van der Waals surface area contributed by atoms with E-state index < -0.39 is 0 Å². The molecule has 1 unspecified atom stereocenters. The zero-order valence-corrected chi connectivity index (χ0v) is 16.1. The topological polar surface area (TPSA) is 71.3 Å². The van der Waals surface area contributed by atoms with Crippen molar-refractivity contribution in [2.75, 3.05) is 18.0 Å². The first kappa shape index (κ1) is 18.5. The standard InChI is InChI=1S/C21H21ClN4O2/c22-17-7-2-1-5-15(17)13-23-21(27)16-6-3-11-26(14-16)20-10-9-18(24-25-20)19-8-4-12-28-19/h1-2,4-5,7-10,12,16H,3,6,11,13-14H2,(H,23,27). The SMILES string of the molecule is O=C(NCc1ccccc1Cl)C1CCCN(c2ccc(-c3ccco3)nn2)C1. The maximum Gasteiger partial charge on any atom is 0.225 e. The van der Waals surface area contributed by atoms with Crippen LogP contribution in [0.3, 0.4) is 0 Å². The van der Waals surface area contributed by atoms with E-state index in [0.717, 1.165) is 30.8 Å². The van der Waals surface area contributed by atoms with Gasteiger partial charge in [-0.15, -0.1) is 10.2 Å². The third-order valence-corrected chi connectivity index (χ3v) is 5.32. The van der Waals surface area contributed by atoms with Gasteiger partial charge in [-0.3, -0.25) is 4.79 Å². The molecule has 0 saturated carbocycles. The maximum absolute atomic E-state index is 12.6. The molecule has 6 nitrogen and oxygen atoms in total. The summed E-state index contributed by atoms with van der Waals surface area (Å²) in [5, 5.41) is 12.3. The van der Waals surface area contributed by atoms with Gasteiger partial charge in [0.15, 0.2) is 11.6 Å². The number of hydrogen-bond donors (Lipinski definition) is 1. The van der Waals surface area contributed by atoms with Gasteiger partial charge in [-0.25, -0.2) is 0 Å². The highest BCUT2D eigenvalue weighted by Gasteiger charge is 2.26. The quantitative estimate of drug-likeness (QED) is 0.707. The first-order valence-corrected chi connectivity index (χ1v) is 9.72. The third-order valence-electron chi connectivity index (χ3n) is 4.95. The maximum atomic E-state index is 12.6. The van der Waals surface area contributed by atoms with Crippen molar-refractivity contribution < 1.29 is 9.21 Å². The van der Waals surface area contributed by atoms with Gasteiger partial charge >= 0.3 is 0 Å². The molecule has 144 valence electrons. The number of halogens is 1. The number of carbonyl (C=O) groups is 1. The van der Waals surface area contributed by atoms with Crippen LogP contribution in [0.25, 0.3) is 11.5 Å². The number of aromatic nitrogens is 2. The van der Waals surface area contributed by atoms with E-state index in [4.69, 9.17) is 16.0 Å². The van der Waals surface area contributed by atoms with Gasteiger partial charge in [0.1, 0.15) is 5.69 Å². The number of furan rings is 1. The molecule has 1 atom stereocenters. The van der Waals surface area contributed by atoms with Crippen molar-refractivity contribution in [3.8, 4) is 11.5 Å². The number of hydrogen-bond acceptors (Lipinski definition) is 5. The molecule has 1 aromatic carbocycles. The zero-order valence-electron chi connectivity index (χ0n) is 15.3. The summed E-state index contributed by atoms with van der Waals surface area (Å²) in [6.07, 6.45) is 3.41.